The van der Waals surface area contributed by atoms with Gasteiger partial charge in [0.15, 0.2) is 5.16 Å². The highest BCUT2D eigenvalue weighted by molar-refractivity contribution is 7.99. The maximum atomic E-state index is 6.11. The predicted molar refractivity (Wildman–Crippen MR) is 84.6 cm³/mol. The molecule has 1 heterocycles. The van der Waals surface area contributed by atoms with E-state index in [9.17, 15) is 0 Å². The highest BCUT2D eigenvalue weighted by Crippen LogP contribution is 2.33. The summed E-state index contributed by atoms with van der Waals surface area (Å²) in [4.78, 5) is 9.50. The average Bonchev–Trinajstić information content (AvgIpc) is 2.45. The molecular formula is C14H15Cl2N3S. The van der Waals surface area contributed by atoms with E-state index in [0.29, 0.717) is 15.2 Å². The molecule has 6 heteroatoms. The summed E-state index contributed by atoms with van der Waals surface area (Å²) in [7, 11) is 0. The molecule has 0 radical (unpaired) electrons. The Kier molecular flexibility index (Phi) is 5.66. The predicted octanol–water partition coefficient (Wildman–Crippen LogP) is 4.21. The van der Waals surface area contributed by atoms with Crippen LogP contribution in [0, 0.1) is 0 Å². The Labute approximate surface area is 132 Å². The van der Waals surface area contributed by atoms with E-state index in [4.69, 9.17) is 28.9 Å². The zero-order valence-electron chi connectivity index (χ0n) is 11.0. The van der Waals surface area contributed by atoms with Gasteiger partial charge in [-0.15, -0.1) is 0 Å². The van der Waals surface area contributed by atoms with Crippen LogP contribution in [0.25, 0.3) is 0 Å². The molecule has 0 saturated heterocycles. The van der Waals surface area contributed by atoms with Gasteiger partial charge in [0, 0.05) is 28.4 Å². The first-order chi connectivity index (χ1) is 9.58. The molecule has 0 aliphatic carbocycles. The van der Waals surface area contributed by atoms with Gasteiger partial charge in [0.1, 0.15) is 0 Å². The van der Waals surface area contributed by atoms with E-state index < -0.39 is 0 Å². The number of aromatic nitrogens is 2. The molecule has 3 nitrogen and oxygen atoms in total. The van der Waals surface area contributed by atoms with Gasteiger partial charge in [-0.1, -0.05) is 30.1 Å². The minimum atomic E-state index is 0.152. The molecule has 0 aliphatic rings. The van der Waals surface area contributed by atoms with Crippen molar-refractivity contribution in [3.8, 4) is 0 Å². The van der Waals surface area contributed by atoms with Gasteiger partial charge in [0.25, 0.3) is 0 Å². The van der Waals surface area contributed by atoms with Crippen molar-refractivity contribution in [2.24, 2.45) is 5.73 Å². The van der Waals surface area contributed by atoms with Crippen LogP contribution in [0.5, 0.6) is 0 Å². The van der Waals surface area contributed by atoms with Gasteiger partial charge in [0.05, 0.1) is 5.02 Å². The van der Waals surface area contributed by atoms with E-state index in [0.717, 1.165) is 23.3 Å². The summed E-state index contributed by atoms with van der Waals surface area (Å²) in [6.45, 7) is 2.07. The van der Waals surface area contributed by atoms with Crippen LogP contribution >= 0.6 is 35.0 Å². The number of rotatable bonds is 5. The largest absolute Gasteiger partial charge is 0.327 e. The lowest BCUT2D eigenvalue weighted by Gasteiger charge is -2.08. The summed E-state index contributed by atoms with van der Waals surface area (Å²) in [6.07, 6.45) is 5.35. The minimum Gasteiger partial charge on any atom is -0.327 e. The molecule has 0 bridgehead atoms. The Morgan fingerprint density at radius 3 is 2.60 bits per heavy atom. The fraction of sp³-hybridized carbons (Fsp3) is 0.286. The van der Waals surface area contributed by atoms with Crippen LogP contribution in [0.3, 0.4) is 0 Å². The molecule has 0 aliphatic heterocycles. The van der Waals surface area contributed by atoms with Gasteiger partial charge in [-0.25, -0.2) is 9.97 Å². The zero-order valence-corrected chi connectivity index (χ0v) is 13.3. The number of hydrogen-bond donors (Lipinski definition) is 1. The third kappa shape index (κ3) is 4.35. The van der Waals surface area contributed by atoms with E-state index in [1.54, 1.807) is 18.2 Å². The molecule has 2 rings (SSSR count). The molecule has 2 N–H and O–H groups in total. The molecule has 0 spiro atoms. The van der Waals surface area contributed by atoms with E-state index in [1.165, 1.54) is 11.8 Å². The topological polar surface area (TPSA) is 51.8 Å². The van der Waals surface area contributed by atoms with Gasteiger partial charge in [-0.2, -0.15) is 0 Å². The summed E-state index contributed by atoms with van der Waals surface area (Å²) < 4.78 is 0. The first-order valence-electron chi connectivity index (χ1n) is 6.28. The summed E-state index contributed by atoms with van der Waals surface area (Å²) in [5, 5.41) is 1.92. The number of benzene rings is 1. The fourth-order valence-corrected chi connectivity index (χ4v) is 2.83. The maximum absolute atomic E-state index is 6.11. The summed E-state index contributed by atoms with van der Waals surface area (Å²) in [6, 6.07) is 5.48. The van der Waals surface area contributed by atoms with Crippen LogP contribution < -0.4 is 5.73 Å². The van der Waals surface area contributed by atoms with Crippen LogP contribution in [0.15, 0.2) is 40.6 Å². The maximum Gasteiger partial charge on any atom is 0.192 e. The highest BCUT2D eigenvalue weighted by atomic mass is 35.5. The lowest BCUT2D eigenvalue weighted by Crippen LogP contribution is -2.21. The van der Waals surface area contributed by atoms with Crippen LogP contribution in [0.1, 0.15) is 18.9 Å². The standard InChI is InChI=1S/C14H15Cl2N3S/c1-2-11(17)5-9-7-18-14(19-8-9)20-13-6-10(15)3-4-12(13)16/h3-4,6-8,11H,2,5,17H2,1H3. The SMILES string of the molecule is CCC(N)Cc1cnc(Sc2cc(Cl)ccc2Cl)nc1. The summed E-state index contributed by atoms with van der Waals surface area (Å²) in [5.74, 6) is 0. The van der Waals surface area contributed by atoms with E-state index in [2.05, 4.69) is 16.9 Å². The van der Waals surface area contributed by atoms with Crippen molar-refractivity contribution in [2.75, 3.05) is 0 Å². The smallest absolute Gasteiger partial charge is 0.192 e. The quantitative estimate of drug-likeness (QED) is 0.835. The Morgan fingerprint density at radius 2 is 1.95 bits per heavy atom. The van der Waals surface area contributed by atoms with E-state index >= 15 is 0 Å². The van der Waals surface area contributed by atoms with Crippen LogP contribution in [0.4, 0.5) is 0 Å². The summed E-state index contributed by atoms with van der Waals surface area (Å²) in [5.41, 5.74) is 6.95. The monoisotopic (exact) mass is 327 g/mol. The molecule has 0 amide bonds. The highest BCUT2D eigenvalue weighted by Gasteiger charge is 2.07. The third-order valence-electron chi connectivity index (χ3n) is 2.80. The summed E-state index contributed by atoms with van der Waals surface area (Å²) >= 11 is 13.5. The van der Waals surface area contributed by atoms with E-state index in [1.807, 2.05) is 12.4 Å². The van der Waals surface area contributed by atoms with Crippen molar-refractivity contribution in [1.29, 1.82) is 0 Å². The van der Waals surface area contributed by atoms with Gasteiger partial charge in [-0.3, -0.25) is 0 Å². The van der Waals surface area contributed by atoms with Gasteiger partial charge < -0.3 is 5.73 Å². The van der Waals surface area contributed by atoms with Crippen molar-refractivity contribution >= 4 is 35.0 Å². The van der Waals surface area contributed by atoms with Crippen molar-refractivity contribution in [1.82, 2.24) is 9.97 Å². The third-order valence-corrected chi connectivity index (χ3v) is 4.43. The second-order valence-corrected chi connectivity index (χ2v) is 6.28. The number of nitrogens with two attached hydrogens (primary N) is 1. The first kappa shape index (κ1) is 15.6. The molecule has 0 fully saturated rings. The molecule has 1 atom stereocenters. The van der Waals surface area contributed by atoms with E-state index in [-0.39, 0.29) is 6.04 Å². The molecular weight excluding hydrogens is 313 g/mol. The zero-order chi connectivity index (χ0) is 14.5. The van der Waals surface area contributed by atoms with Crippen LogP contribution in [-0.2, 0) is 6.42 Å². The normalized spacial score (nSPS) is 12.4. The first-order valence-corrected chi connectivity index (χ1v) is 7.85. The Morgan fingerprint density at radius 1 is 1.25 bits per heavy atom. The van der Waals surface area contributed by atoms with Crippen molar-refractivity contribution in [2.45, 2.75) is 35.9 Å². The molecule has 1 aromatic heterocycles. The lowest BCUT2D eigenvalue weighted by molar-refractivity contribution is 0.641. The number of hydrogen-bond acceptors (Lipinski definition) is 4. The second kappa shape index (κ2) is 7.27. The molecule has 106 valence electrons. The molecule has 1 aromatic carbocycles. The Hall–Kier alpha value is -0.810. The van der Waals surface area contributed by atoms with Crippen molar-refractivity contribution in [3.63, 3.8) is 0 Å². The van der Waals surface area contributed by atoms with Gasteiger partial charge in [0.2, 0.25) is 0 Å². The number of halogens is 2. The second-order valence-electron chi connectivity index (χ2n) is 4.42. The molecule has 2 aromatic rings. The molecule has 1 unspecified atom stereocenters. The fourth-order valence-electron chi connectivity index (χ4n) is 1.60. The lowest BCUT2D eigenvalue weighted by atomic mass is 10.1. The average molecular weight is 328 g/mol. The Balaban J connectivity index is 2.09. The minimum absolute atomic E-state index is 0.152. The molecule has 20 heavy (non-hydrogen) atoms. The van der Waals surface area contributed by atoms with Crippen LogP contribution in [-0.4, -0.2) is 16.0 Å². The molecule has 0 saturated carbocycles. The van der Waals surface area contributed by atoms with Gasteiger partial charge >= 0.3 is 0 Å². The van der Waals surface area contributed by atoms with Crippen molar-refractivity contribution < 1.29 is 0 Å². The van der Waals surface area contributed by atoms with Gasteiger partial charge in [-0.05, 0) is 48.4 Å². The number of nitrogens with zero attached hydrogens (tertiary/aromatic N) is 2. The Bertz CT molecular complexity index is 575. The van der Waals surface area contributed by atoms with Crippen LogP contribution in [0.2, 0.25) is 10.0 Å². The van der Waals surface area contributed by atoms with Crippen molar-refractivity contribution in [3.05, 3.63) is 46.2 Å².